The maximum absolute atomic E-state index is 14.5. The number of nitrogens with one attached hydrogen (secondary N) is 1. The quantitative estimate of drug-likeness (QED) is 0.231. The van der Waals surface area contributed by atoms with Gasteiger partial charge in [0.15, 0.2) is 0 Å². The standard InChI is InChI=1S/C37H44FN5O3S/c1-3-39-47(45,46)35-23-27(13-16-32(35)38)36(44)41-20-17-37(18-21-41,28-9-5-4-6-10-28)19-22-42-29-14-15-30(42)25-31(24-29)43-26(2)40-33-11-7-8-12-34(33)43/h4-13,16,23,29-31,39H,3,14-15,17-22,24-25H2,1-2H3/t29-,30+,31?. The minimum absolute atomic E-state index is 0.0617. The number of likely N-dealkylation sites (tertiary alicyclic amines) is 1. The van der Waals surface area contributed by atoms with E-state index in [0.717, 1.165) is 56.1 Å². The number of benzene rings is 3. The molecule has 4 aromatic rings. The molecule has 10 heteroatoms. The first kappa shape index (κ1) is 32.0. The molecule has 3 aromatic carbocycles. The fourth-order valence-electron chi connectivity index (χ4n) is 8.70. The van der Waals surface area contributed by atoms with Crippen molar-refractivity contribution in [3.63, 3.8) is 0 Å². The Morgan fingerprint density at radius 2 is 1.64 bits per heavy atom. The van der Waals surface area contributed by atoms with Gasteiger partial charge in [-0.05, 0) is 99.7 Å². The highest BCUT2D eigenvalue weighted by Gasteiger charge is 2.44. The molecule has 1 amide bonds. The van der Waals surface area contributed by atoms with Gasteiger partial charge in [-0.25, -0.2) is 22.5 Å². The predicted molar refractivity (Wildman–Crippen MR) is 181 cm³/mol. The number of imidazole rings is 1. The first-order valence-corrected chi connectivity index (χ1v) is 18.5. The zero-order valence-corrected chi connectivity index (χ0v) is 28.1. The Balaban J connectivity index is 1.06. The molecule has 0 radical (unpaired) electrons. The van der Waals surface area contributed by atoms with Crippen molar-refractivity contribution in [2.24, 2.45) is 0 Å². The van der Waals surface area contributed by atoms with Crippen LogP contribution in [0.3, 0.4) is 0 Å². The number of aromatic nitrogens is 2. The molecule has 3 fully saturated rings. The molecule has 47 heavy (non-hydrogen) atoms. The van der Waals surface area contributed by atoms with Gasteiger partial charge in [-0.15, -0.1) is 0 Å². The van der Waals surface area contributed by atoms with E-state index in [1.807, 2.05) is 0 Å². The van der Waals surface area contributed by atoms with Crippen molar-refractivity contribution in [1.82, 2.24) is 24.1 Å². The van der Waals surface area contributed by atoms with Crippen LogP contribution in [0.2, 0.25) is 0 Å². The van der Waals surface area contributed by atoms with Crippen LogP contribution in [0.15, 0.2) is 77.7 Å². The molecule has 2 bridgehead atoms. The lowest BCUT2D eigenvalue weighted by molar-refractivity contribution is 0.0606. The average molecular weight is 658 g/mol. The molecule has 8 nitrogen and oxygen atoms in total. The number of aryl methyl sites for hydroxylation is 1. The number of rotatable bonds is 9. The summed E-state index contributed by atoms with van der Waals surface area (Å²) in [5.74, 6) is -0.0257. The van der Waals surface area contributed by atoms with Gasteiger partial charge in [0.25, 0.3) is 5.91 Å². The van der Waals surface area contributed by atoms with E-state index in [0.29, 0.717) is 31.2 Å². The monoisotopic (exact) mass is 657 g/mol. The second-order valence-corrected chi connectivity index (χ2v) is 15.3. The number of hydrogen-bond acceptors (Lipinski definition) is 5. The third-order valence-electron chi connectivity index (χ3n) is 11.0. The van der Waals surface area contributed by atoms with E-state index in [9.17, 15) is 17.6 Å². The summed E-state index contributed by atoms with van der Waals surface area (Å²) in [5.41, 5.74) is 3.76. The molecule has 0 saturated carbocycles. The Bertz CT molecular complexity index is 1860. The van der Waals surface area contributed by atoms with Crippen LogP contribution in [0.25, 0.3) is 11.0 Å². The molecule has 248 valence electrons. The van der Waals surface area contributed by atoms with E-state index in [4.69, 9.17) is 4.98 Å². The Labute approximate surface area is 277 Å². The highest BCUT2D eigenvalue weighted by molar-refractivity contribution is 7.89. The molecule has 7 rings (SSSR count). The third-order valence-corrected chi connectivity index (χ3v) is 12.6. The highest BCUT2D eigenvalue weighted by Crippen LogP contribution is 2.45. The molecule has 1 N–H and O–H groups in total. The van der Waals surface area contributed by atoms with Crippen molar-refractivity contribution in [3.8, 4) is 0 Å². The average Bonchev–Trinajstić information content (AvgIpc) is 3.54. The zero-order valence-electron chi connectivity index (χ0n) is 27.2. The van der Waals surface area contributed by atoms with Gasteiger partial charge in [0.05, 0.1) is 11.0 Å². The third kappa shape index (κ3) is 6.00. The summed E-state index contributed by atoms with van der Waals surface area (Å²) >= 11 is 0. The number of amides is 1. The first-order chi connectivity index (χ1) is 22.7. The van der Waals surface area contributed by atoms with Gasteiger partial charge < -0.3 is 9.47 Å². The van der Waals surface area contributed by atoms with Crippen molar-refractivity contribution < 1.29 is 17.6 Å². The Kier molecular flexibility index (Phi) is 8.70. The summed E-state index contributed by atoms with van der Waals surface area (Å²) in [6.07, 6.45) is 7.40. The Morgan fingerprint density at radius 3 is 2.34 bits per heavy atom. The van der Waals surface area contributed by atoms with Gasteiger partial charge in [0, 0.05) is 43.3 Å². The van der Waals surface area contributed by atoms with Crippen LogP contribution in [0.4, 0.5) is 4.39 Å². The zero-order chi connectivity index (χ0) is 32.8. The minimum Gasteiger partial charge on any atom is -0.339 e. The molecular weight excluding hydrogens is 614 g/mol. The fourth-order valence-corrected chi connectivity index (χ4v) is 9.84. The molecular formula is C37H44FN5O3S. The van der Waals surface area contributed by atoms with E-state index in [2.05, 4.69) is 75.7 Å². The van der Waals surface area contributed by atoms with E-state index in [1.54, 1.807) is 11.8 Å². The summed E-state index contributed by atoms with van der Waals surface area (Å²) in [7, 11) is -4.04. The molecule has 1 aromatic heterocycles. The lowest BCUT2D eigenvalue weighted by Gasteiger charge is -2.45. The summed E-state index contributed by atoms with van der Waals surface area (Å²) < 4.78 is 44.4. The van der Waals surface area contributed by atoms with Crippen molar-refractivity contribution in [2.45, 2.75) is 87.2 Å². The predicted octanol–water partition coefficient (Wildman–Crippen LogP) is 6.21. The Morgan fingerprint density at radius 1 is 0.957 bits per heavy atom. The Hall–Kier alpha value is -3.60. The number of sulfonamides is 1. The van der Waals surface area contributed by atoms with E-state index < -0.39 is 20.7 Å². The number of halogens is 1. The van der Waals surface area contributed by atoms with Crippen LogP contribution in [0.5, 0.6) is 0 Å². The van der Waals surface area contributed by atoms with Crippen LogP contribution >= 0.6 is 0 Å². The number of fused-ring (bicyclic) bond motifs is 3. The molecule has 0 spiro atoms. The maximum atomic E-state index is 14.5. The van der Waals surface area contributed by atoms with E-state index in [-0.39, 0.29) is 23.4 Å². The maximum Gasteiger partial charge on any atom is 0.253 e. The van der Waals surface area contributed by atoms with Crippen LogP contribution < -0.4 is 4.72 Å². The molecule has 3 aliphatic heterocycles. The largest absolute Gasteiger partial charge is 0.339 e. The molecule has 3 atom stereocenters. The number of para-hydroxylation sites is 2. The van der Waals surface area contributed by atoms with Crippen molar-refractivity contribution in [3.05, 3.63) is 95.6 Å². The van der Waals surface area contributed by atoms with Gasteiger partial charge in [-0.2, -0.15) is 0 Å². The lowest BCUT2D eigenvalue weighted by atomic mass is 9.70. The van der Waals surface area contributed by atoms with Crippen molar-refractivity contribution in [1.29, 1.82) is 0 Å². The van der Waals surface area contributed by atoms with Gasteiger partial charge in [0.2, 0.25) is 10.0 Å². The van der Waals surface area contributed by atoms with Gasteiger partial charge in [-0.1, -0.05) is 49.4 Å². The summed E-state index contributed by atoms with van der Waals surface area (Å²) in [4.78, 5) is 22.5. The summed E-state index contributed by atoms with van der Waals surface area (Å²) in [6.45, 7) is 6.04. The number of carbonyl (C=O) groups excluding carboxylic acids is 1. The normalized spacial score (nSPS) is 23.0. The van der Waals surface area contributed by atoms with Gasteiger partial charge in [0.1, 0.15) is 16.5 Å². The second kappa shape index (κ2) is 12.8. The lowest BCUT2D eigenvalue weighted by Crippen LogP contribution is -2.49. The number of piperidine rings is 2. The fraction of sp³-hybridized carbons (Fsp3) is 0.459. The van der Waals surface area contributed by atoms with E-state index >= 15 is 0 Å². The number of nitrogens with zero attached hydrogens (tertiary/aromatic N) is 4. The molecule has 4 heterocycles. The van der Waals surface area contributed by atoms with Crippen LogP contribution in [-0.4, -0.2) is 71.9 Å². The smallest absolute Gasteiger partial charge is 0.253 e. The minimum atomic E-state index is -4.04. The van der Waals surface area contributed by atoms with Gasteiger partial charge in [-0.3, -0.25) is 9.69 Å². The van der Waals surface area contributed by atoms with Crippen molar-refractivity contribution >= 4 is 27.0 Å². The van der Waals surface area contributed by atoms with Crippen LogP contribution in [-0.2, 0) is 15.4 Å². The molecule has 3 aliphatic rings. The molecule has 3 saturated heterocycles. The number of hydrogen-bond donors (Lipinski definition) is 1. The summed E-state index contributed by atoms with van der Waals surface area (Å²) in [5, 5.41) is 0. The van der Waals surface area contributed by atoms with Crippen molar-refractivity contribution in [2.75, 3.05) is 26.2 Å². The SMILES string of the molecule is CCNS(=O)(=O)c1cc(C(=O)N2CCC(CCN3[C@@H]4CC[C@H]3CC(n3c(C)nc5ccccc53)C4)(c3ccccc3)CC2)ccc1F. The van der Waals surface area contributed by atoms with Crippen LogP contribution in [0.1, 0.15) is 79.7 Å². The molecule has 1 unspecified atom stereocenters. The topological polar surface area (TPSA) is 87.5 Å². The summed E-state index contributed by atoms with van der Waals surface area (Å²) in [6, 6.07) is 24.4. The molecule has 0 aliphatic carbocycles. The highest BCUT2D eigenvalue weighted by atomic mass is 32.2. The first-order valence-electron chi connectivity index (χ1n) is 17.0. The van der Waals surface area contributed by atoms with Crippen LogP contribution in [0, 0.1) is 12.7 Å². The second-order valence-electron chi connectivity index (χ2n) is 13.6. The number of carbonyl (C=O) groups is 1. The van der Waals surface area contributed by atoms with Gasteiger partial charge >= 0.3 is 0 Å². The van der Waals surface area contributed by atoms with E-state index in [1.165, 1.54) is 36.1 Å².